The van der Waals surface area contributed by atoms with Gasteiger partial charge in [0, 0.05) is 17.3 Å². The molecule has 1 unspecified atom stereocenters. The van der Waals surface area contributed by atoms with Crippen molar-refractivity contribution in [1.29, 1.82) is 0 Å². The van der Waals surface area contributed by atoms with Crippen molar-refractivity contribution >= 4 is 17.2 Å². The average Bonchev–Trinajstić information content (AvgIpc) is 2.87. The summed E-state index contributed by atoms with van der Waals surface area (Å²) in [5.74, 6) is 0.159. The molecule has 1 saturated heterocycles. The van der Waals surface area contributed by atoms with Gasteiger partial charge in [0.25, 0.3) is 0 Å². The Kier molecular flexibility index (Phi) is 3.96. The minimum absolute atomic E-state index is 0.159. The SMILES string of the molecule is Cc1ccsc1CNC(=O)CC1CCCN1. The van der Waals surface area contributed by atoms with Gasteiger partial charge in [0.15, 0.2) is 0 Å². The fourth-order valence-electron chi connectivity index (χ4n) is 1.99. The highest BCUT2D eigenvalue weighted by Crippen LogP contribution is 2.15. The van der Waals surface area contributed by atoms with E-state index in [9.17, 15) is 4.79 Å². The van der Waals surface area contributed by atoms with E-state index in [0.717, 1.165) is 13.0 Å². The average molecular weight is 238 g/mol. The smallest absolute Gasteiger partial charge is 0.221 e. The van der Waals surface area contributed by atoms with Crippen LogP contribution in [0.5, 0.6) is 0 Å². The van der Waals surface area contributed by atoms with Crippen molar-refractivity contribution in [1.82, 2.24) is 10.6 Å². The van der Waals surface area contributed by atoms with E-state index in [1.165, 1.54) is 16.9 Å². The lowest BCUT2D eigenvalue weighted by atomic mass is 10.1. The van der Waals surface area contributed by atoms with Crippen LogP contribution in [0, 0.1) is 6.92 Å². The Bertz CT molecular complexity index is 356. The number of hydrogen-bond donors (Lipinski definition) is 2. The number of nitrogens with one attached hydrogen (secondary N) is 2. The van der Waals surface area contributed by atoms with Gasteiger partial charge in [-0.3, -0.25) is 4.79 Å². The predicted octanol–water partition coefficient (Wildman–Crippen LogP) is 1.81. The monoisotopic (exact) mass is 238 g/mol. The van der Waals surface area contributed by atoms with E-state index in [-0.39, 0.29) is 5.91 Å². The Morgan fingerprint density at radius 3 is 3.19 bits per heavy atom. The molecular weight excluding hydrogens is 220 g/mol. The van der Waals surface area contributed by atoms with Crippen molar-refractivity contribution in [3.05, 3.63) is 21.9 Å². The van der Waals surface area contributed by atoms with Crippen molar-refractivity contribution in [2.24, 2.45) is 0 Å². The maximum Gasteiger partial charge on any atom is 0.221 e. The minimum Gasteiger partial charge on any atom is -0.351 e. The second kappa shape index (κ2) is 5.46. The lowest BCUT2D eigenvalue weighted by molar-refractivity contribution is -0.121. The maximum atomic E-state index is 11.7. The molecule has 88 valence electrons. The summed E-state index contributed by atoms with van der Waals surface area (Å²) in [6.07, 6.45) is 2.94. The van der Waals surface area contributed by atoms with Crippen LogP contribution in [0.4, 0.5) is 0 Å². The number of carbonyl (C=O) groups is 1. The van der Waals surface area contributed by atoms with E-state index in [4.69, 9.17) is 0 Å². The van der Waals surface area contributed by atoms with Gasteiger partial charge in [0.2, 0.25) is 5.91 Å². The van der Waals surface area contributed by atoms with Gasteiger partial charge in [0.1, 0.15) is 0 Å². The molecule has 1 fully saturated rings. The predicted molar refractivity (Wildman–Crippen MR) is 66.5 cm³/mol. The lowest BCUT2D eigenvalue weighted by Crippen LogP contribution is -2.31. The van der Waals surface area contributed by atoms with Crippen LogP contribution >= 0.6 is 11.3 Å². The summed E-state index contributed by atoms with van der Waals surface area (Å²) in [7, 11) is 0. The Morgan fingerprint density at radius 2 is 2.56 bits per heavy atom. The van der Waals surface area contributed by atoms with Gasteiger partial charge in [-0.25, -0.2) is 0 Å². The molecule has 16 heavy (non-hydrogen) atoms. The Morgan fingerprint density at radius 1 is 1.69 bits per heavy atom. The van der Waals surface area contributed by atoms with Crippen LogP contribution in [-0.2, 0) is 11.3 Å². The largest absolute Gasteiger partial charge is 0.351 e. The third-order valence-corrected chi connectivity index (χ3v) is 4.03. The first kappa shape index (κ1) is 11.6. The molecule has 1 aliphatic heterocycles. The molecule has 0 radical (unpaired) electrons. The Balaban J connectivity index is 1.73. The van der Waals surface area contributed by atoms with Crippen LogP contribution in [0.25, 0.3) is 0 Å². The van der Waals surface area contributed by atoms with Gasteiger partial charge in [-0.15, -0.1) is 11.3 Å². The fraction of sp³-hybridized carbons (Fsp3) is 0.583. The molecule has 2 N–H and O–H groups in total. The van der Waals surface area contributed by atoms with Crippen LogP contribution in [0.3, 0.4) is 0 Å². The number of hydrogen-bond acceptors (Lipinski definition) is 3. The molecule has 4 heteroatoms. The number of amides is 1. The van der Waals surface area contributed by atoms with Crippen LogP contribution in [0.1, 0.15) is 29.7 Å². The standard InChI is InChI=1S/C12H18N2OS/c1-9-4-6-16-11(9)8-14-12(15)7-10-3-2-5-13-10/h4,6,10,13H,2-3,5,7-8H2,1H3,(H,14,15). The fourth-order valence-corrected chi connectivity index (χ4v) is 2.84. The van der Waals surface area contributed by atoms with E-state index in [1.54, 1.807) is 11.3 Å². The number of thiophene rings is 1. The molecule has 1 atom stereocenters. The topological polar surface area (TPSA) is 41.1 Å². The van der Waals surface area contributed by atoms with Crippen LogP contribution in [0.2, 0.25) is 0 Å². The molecule has 3 nitrogen and oxygen atoms in total. The second-order valence-corrected chi connectivity index (χ2v) is 5.30. The summed E-state index contributed by atoms with van der Waals surface area (Å²) < 4.78 is 0. The second-order valence-electron chi connectivity index (χ2n) is 4.30. The van der Waals surface area contributed by atoms with Crippen molar-refractivity contribution in [2.45, 2.75) is 38.8 Å². The lowest BCUT2D eigenvalue weighted by Gasteiger charge is -2.10. The molecule has 2 rings (SSSR count). The molecule has 0 bridgehead atoms. The first-order valence-corrected chi connectivity index (χ1v) is 6.66. The van der Waals surface area contributed by atoms with Crippen LogP contribution in [0.15, 0.2) is 11.4 Å². The van der Waals surface area contributed by atoms with E-state index < -0.39 is 0 Å². The zero-order valence-corrected chi connectivity index (χ0v) is 10.4. The summed E-state index contributed by atoms with van der Waals surface area (Å²) in [5.41, 5.74) is 1.27. The molecule has 1 aliphatic rings. The molecule has 0 aromatic carbocycles. The third kappa shape index (κ3) is 3.06. The molecule has 1 amide bonds. The molecule has 1 aromatic rings. The van der Waals surface area contributed by atoms with Gasteiger partial charge >= 0.3 is 0 Å². The van der Waals surface area contributed by atoms with Gasteiger partial charge in [-0.1, -0.05) is 0 Å². The summed E-state index contributed by atoms with van der Waals surface area (Å²) in [6, 6.07) is 2.48. The van der Waals surface area contributed by atoms with Crippen molar-refractivity contribution in [3.8, 4) is 0 Å². The van der Waals surface area contributed by atoms with E-state index in [0.29, 0.717) is 19.0 Å². The Labute approximate surface area is 100 Å². The van der Waals surface area contributed by atoms with E-state index in [2.05, 4.69) is 29.0 Å². The van der Waals surface area contributed by atoms with E-state index in [1.807, 2.05) is 0 Å². The number of rotatable bonds is 4. The third-order valence-electron chi connectivity index (χ3n) is 3.01. The quantitative estimate of drug-likeness (QED) is 0.840. The Hall–Kier alpha value is -0.870. The molecule has 0 saturated carbocycles. The van der Waals surface area contributed by atoms with E-state index >= 15 is 0 Å². The summed E-state index contributed by atoms with van der Waals surface area (Å²) in [6.45, 7) is 3.81. The molecule has 2 heterocycles. The highest BCUT2D eigenvalue weighted by molar-refractivity contribution is 7.10. The van der Waals surface area contributed by atoms with Crippen molar-refractivity contribution < 1.29 is 4.79 Å². The van der Waals surface area contributed by atoms with Crippen LogP contribution < -0.4 is 10.6 Å². The van der Waals surface area contributed by atoms with Gasteiger partial charge in [-0.2, -0.15) is 0 Å². The normalized spacial score (nSPS) is 19.9. The number of aryl methyl sites for hydroxylation is 1. The summed E-state index contributed by atoms with van der Waals surface area (Å²) >= 11 is 1.70. The maximum absolute atomic E-state index is 11.7. The minimum atomic E-state index is 0.159. The zero-order valence-electron chi connectivity index (χ0n) is 9.58. The molecule has 0 spiro atoms. The molecule has 1 aromatic heterocycles. The van der Waals surface area contributed by atoms with Gasteiger partial charge in [-0.05, 0) is 43.3 Å². The van der Waals surface area contributed by atoms with Crippen molar-refractivity contribution in [3.63, 3.8) is 0 Å². The van der Waals surface area contributed by atoms with Crippen LogP contribution in [-0.4, -0.2) is 18.5 Å². The summed E-state index contributed by atoms with van der Waals surface area (Å²) in [5, 5.41) is 8.38. The van der Waals surface area contributed by atoms with Gasteiger partial charge < -0.3 is 10.6 Å². The zero-order chi connectivity index (χ0) is 11.4. The first-order chi connectivity index (χ1) is 7.75. The summed E-state index contributed by atoms with van der Waals surface area (Å²) in [4.78, 5) is 12.9. The highest BCUT2D eigenvalue weighted by atomic mass is 32.1. The highest BCUT2D eigenvalue weighted by Gasteiger charge is 2.17. The van der Waals surface area contributed by atoms with Gasteiger partial charge in [0.05, 0.1) is 6.54 Å². The molecule has 0 aliphatic carbocycles. The number of carbonyl (C=O) groups excluding carboxylic acids is 1. The first-order valence-electron chi connectivity index (χ1n) is 5.79. The molecular formula is C12H18N2OS. The van der Waals surface area contributed by atoms with Crippen molar-refractivity contribution in [2.75, 3.05) is 6.54 Å².